The molecule has 0 N–H and O–H groups in total. The van der Waals surface area contributed by atoms with Gasteiger partial charge in [0.1, 0.15) is 0 Å². The first-order valence-corrected chi connectivity index (χ1v) is 10.4. The minimum absolute atomic E-state index is 0.0416. The van der Waals surface area contributed by atoms with E-state index in [1.807, 2.05) is 18.2 Å². The zero-order valence-electron chi connectivity index (χ0n) is 17.3. The van der Waals surface area contributed by atoms with E-state index in [2.05, 4.69) is 48.1 Å². The van der Waals surface area contributed by atoms with Crippen LogP contribution in [0.15, 0.2) is 84.0 Å². The second kappa shape index (κ2) is 9.43. The highest BCUT2D eigenvalue weighted by Crippen LogP contribution is 2.23. The van der Waals surface area contributed by atoms with Crippen LogP contribution in [0.25, 0.3) is 11.1 Å². The Morgan fingerprint density at radius 2 is 1.81 bits per heavy atom. The van der Waals surface area contributed by atoms with Crippen LogP contribution in [0.4, 0.5) is 0 Å². The second-order valence-corrected chi connectivity index (χ2v) is 7.66. The average Bonchev–Trinajstić information content (AvgIpc) is 3.30. The third-order valence-corrected chi connectivity index (χ3v) is 5.57. The number of benzene rings is 2. The molecule has 2 aromatic carbocycles. The minimum atomic E-state index is -0.336. The summed E-state index contributed by atoms with van der Waals surface area (Å²) >= 11 is 0. The topological polar surface area (TPSA) is 66.7 Å². The smallest absolute Gasteiger partial charge is 0.292 e. The molecule has 0 spiro atoms. The van der Waals surface area contributed by atoms with Crippen LogP contribution >= 0.6 is 0 Å². The summed E-state index contributed by atoms with van der Waals surface area (Å²) in [4.78, 5) is 29.5. The van der Waals surface area contributed by atoms with Crippen molar-refractivity contribution in [3.05, 3.63) is 90.8 Å². The lowest BCUT2D eigenvalue weighted by Crippen LogP contribution is -2.38. The molecular weight excluding hydrogens is 390 g/mol. The summed E-state index contributed by atoms with van der Waals surface area (Å²) in [5.74, 6) is -0.345. The van der Waals surface area contributed by atoms with Gasteiger partial charge in [-0.3, -0.25) is 9.59 Å². The van der Waals surface area contributed by atoms with Crippen LogP contribution in [0.1, 0.15) is 16.1 Å². The maximum atomic E-state index is 13.2. The number of nitrogens with zero attached hydrogens (tertiary/aromatic N) is 3. The molecule has 0 saturated carbocycles. The molecule has 0 unspecified atom stereocenters. The van der Waals surface area contributed by atoms with Crippen LogP contribution in [-0.4, -0.2) is 52.9 Å². The summed E-state index contributed by atoms with van der Waals surface area (Å²) < 4.78 is 5.04. The van der Waals surface area contributed by atoms with Crippen LogP contribution in [0, 0.1) is 5.92 Å². The summed E-state index contributed by atoms with van der Waals surface area (Å²) in [6.07, 6.45) is 3.73. The molecule has 0 radical (unpaired) electrons. The van der Waals surface area contributed by atoms with Crippen LogP contribution in [0.5, 0.6) is 0 Å². The molecule has 6 nitrogen and oxygen atoms in total. The fourth-order valence-electron chi connectivity index (χ4n) is 3.95. The van der Waals surface area contributed by atoms with E-state index in [-0.39, 0.29) is 23.5 Å². The first kappa shape index (κ1) is 20.6. The third-order valence-electron chi connectivity index (χ3n) is 5.57. The standard InChI is InChI=1S/C25H25N3O3/c1-2-14-27-15-16-28(25(30)23-12-13-26-31-23)18-22(24(27)29)17-19-8-10-21(11-9-19)20-6-4-3-5-7-20/h2-13,22H,1,14-18H2/t22-/m1/s1. The number of hydrogen-bond donors (Lipinski definition) is 0. The van der Waals surface area contributed by atoms with Gasteiger partial charge < -0.3 is 14.3 Å². The van der Waals surface area contributed by atoms with Crippen molar-refractivity contribution in [3.63, 3.8) is 0 Å². The molecule has 3 aromatic rings. The maximum Gasteiger partial charge on any atom is 0.292 e. The highest BCUT2D eigenvalue weighted by atomic mass is 16.5. The normalized spacial score (nSPS) is 16.8. The first-order valence-electron chi connectivity index (χ1n) is 10.4. The zero-order chi connectivity index (χ0) is 21.6. The Balaban J connectivity index is 1.53. The lowest BCUT2D eigenvalue weighted by Gasteiger charge is -2.23. The minimum Gasteiger partial charge on any atom is -0.351 e. The number of amides is 2. The second-order valence-electron chi connectivity index (χ2n) is 7.66. The fourth-order valence-corrected chi connectivity index (χ4v) is 3.95. The van der Waals surface area contributed by atoms with Gasteiger partial charge in [-0.1, -0.05) is 65.8 Å². The first-order chi connectivity index (χ1) is 15.2. The van der Waals surface area contributed by atoms with Gasteiger partial charge in [0.2, 0.25) is 11.7 Å². The molecule has 0 aliphatic carbocycles. The molecule has 1 aliphatic rings. The van der Waals surface area contributed by atoms with Crippen molar-refractivity contribution >= 4 is 11.8 Å². The molecule has 6 heteroatoms. The van der Waals surface area contributed by atoms with Gasteiger partial charge in [0.05, 0.1) is 12.1 Å². The number of carbonyl (C=O) groups excluding carboxylic acids is 2. The summed E-state index contributed by atoms with van der Waals surface area (Å²) in [6, 6.07) is 20.0. The van der Waals surface area contributed by atoms with Gasteiger partial charge >= 0.3 is 0 Å². The summed E-state index contributed by atoms with van der Waals surface area (Å²) in [5.41, 5.74) is 3.35. The predicted molar refractivity (Wildman–Crippen MR) is 118 cm³/mol. The Labute approximate surface area is 181 Å². The van der Waals surface area contributed by atoms with Crippen molar-refractivity contribution < 1.29 is 14.1 Å². The number of rotatable bonds is 6. The van der Waals surface area contributed by atoms with Crippen LogP contribution in [0.2, 0.25) is 0 Å². The molecule has 4 rings (SSSR count). The summed E-state index contributed by atoms with van der Waals surface area (Å²) in [6.45, 7) is 5.48. The molecule has 2 amide bonds. The zero-order valence-corrected chi connectivity index (χ0v) is 17.3. The molecule has 1 aromatic heterocycles. The molecule has 1 atom stereocenters. The van der Waals surface area contributed by atoms with E-state index >= 15 is 0 Å². The molecule has 1 aliphatic heterocycles. The molecule has 2 heterocycles. The Morgan fingerprint density at radius 3 is 2.48 bits per heavy atom. The van der Waals surface area contributed by atoms with Gasteiger partial charge in [-0.2, -0.15) is 0 Å². The van der Waals surface area contributed by atoms with Crippen molar-refractivity contribution in [3.8, 4) is 11.1 Å². The quantitative estimate of drug-likeness (QED) is 0.576. The highest BCUT2D eigenvalue weighted by Gasteiger charge is 2.33. The van der Waals surface area contributed by atoms with E-state index in [9.17, 15) is 9.59 Å². The maximum absolute atomic E-state index is 13.2. The van der Waals surface area contributed by atoms with Crippen LogP contribution in [0.3, 0.4) is 0 Å². The Kier molecular flexibility index (Phi) is 6.26. The van der Waals surface area contributed by atoms with E-state index in [1.165, 1.54) is 6.20 Å². The third kappa shape index (κ3) is 4.74. The summed E-state index contributed by atoms with van der Waals surface area (Å²) in [7, 11) is 0. The van der Waals surface area contributed by atoms with Gasteiger partial charge in [-0.25, -0.2) is 0 Å². The van der Waals surface area contributed by atoms with E-state index in [0.29, 0.717) is 32.6 Å². The number of hydrogen-bond acceptors (Lipinski definition) is 4. The summed E-state index contributed by atoms with van der Waals surface area (Å²) in [5, 5.41) is 3.63. The molecule has 1 fully saturated rings. The SMILES string of the molecule is C=CCN1CCN(C(=O)c2ccno2)C[C@@H](Cc2ccc(-c3ccccc3)cc2)C1=O. The van der Waals surface area contributed by atoms with E-state index in [4.69, 9.17) is 4.52 Å². The number of carbonyl (C=O) groups is 2. The predicted octanol–water partition coefficient (Wildman–Crippen LogP) is 3.67. The van der Waals surface area contributed by atoms with Gasteiger partial charge in [-0.15, -0.1) is 6.58 Å². The van der Waals surface area contributed by atoms with Crippen molar-refractivity contribution in [1.29, 1.82) is 0 Å². The van der Waals surface area contributed by atoms with E-state index in [1.54, 1.807) is 21.9 Å². The molecule has 158 valence electrons. The Hall–Kier alpha value is -3.67. The lowest BCUT2D eigenvalue weighted by atomic mass is 9.95. The largest absolute Gasteiger partial charge is 0.351 e. The van der Waals surface area contributed by atoms with Gasteiger partial charge in [-0.05, 0) is 23.1 Å². The molecular formula is C25H25N3O3. The number of aromatic nitrogens is 1. The monoisotopic (exact) mass is 415 g/mol. The molecule has 0 bridgehead atoms. The fraction of sp³-hybridized carbons (Fsp3) is 0.240. The van der Waals surface area contributed by atoms with Crippen molar-refractivity contribution in [2.45, 2.75) is 6.42 Å². The van der Waals surface area contributed by atoms with Crippen LogP contribution < -0.4 is 0 Å². The lowest BCUT2D eigenvalue weighted by molar-refractivity contribution is -0.134. The molecule has 1 saturated heterocycles. The molecule has 31 heavy (non-hydrogen) atoms. The Morgan fingerprint density at radius 1 is 1.06 bits per heavy atom. The Bertz CT molecular complexity index is 1030. The van der Waals surface area contributed by atoms with Gasteiger partial charge in [0.25, 0.3) is 5.91 Å². The van der Waals surface area contributed by atoms with Gasteiger partial charge in [0.15, 0.2) is 0 Å². The van der Waals surface area contributed by atoms with E-state index in [0.717, 1.165) is 16.7 Å². The average molecular weight is 415 g/mol. The van der Waals surface area contributed by atoms with Gasteiger partial charge in [0, 0.05) is 32.2 Å². The van der Waals surface area contributed by atoms with Crippen molar-refractivity contribution in [1.82, 2.24) is 15.0 Å². The highest BCUT2D eigenvalue weighted by molar-refractivity contribution is 5.92. The van der Waals surface area contributed by atoms with E-state index < -0.39 is 0 Å². The van der Waals surface area contributed by atoms with Crippen molar-refractivity contribution in [2.75, 3.05) is 26.2 Å². The van der Waals surface area contributed by atoms with Crippen molar-refractivity contribution in [2.24, 2.45) is 5.92 Å². The van der Waals surface area contributed by atoms with Crippen LogP contribution in [-0.2, 0) is 11.2 Å².